The first-order chi connectivity index (χ1) is 7.92. The Morgan fingerprint density at radius 1 is 1.59 bits per heavy atom. The molecule has 1 aromatic rings. The molecule has 0 saturated carbocycles. The lowest BCUT2D eigenvalue weighted by Gasteiger charge is -2.30. The van der Waals surface area contributed by atoms with E-state index < -0.39 is 5.54 Å². The van der Waals surface area contributed by atoms with E-state index in [2.05, 4.69) is 41.2 Å². The Labute approximate surface area is 116 Å². The third-order valence-corrected chi connectivity index (χ3v) is 4.37. The Bertz CT molecular complexity index is 442. The van der Waals surface area contributed by atoms with Crippen LogP contribution < -0.4 is 5.32 Å². The van der Waals surface area contributed by atoms with E-state index in [1.165, 1.54) is 0 Å². The van der Waals surface area contributed by atoms with Crippen LogP contribution in [0.4, 0.5) is 5.69 Å². The molecule has 1 N–H and O–H groups in total. The van der Waals surface area contributed by atoms with E-state index in [1.807, 2.05) is 25.1 Å². The molecule has 0 aromatic heterocycles. The predicted octanol–water partition coefficient (Wildman–Crippen LogP) is 4.84. The van der Waals surface area contributed by atoms with Gasteiger partial charge in [-0.05, 0) is 47.0 Å². The van der Waals surface area contributed by atoms with E-state index in [0.717, 1.165) is 16.6 Å². The second kappa shape index (κ2) is 5.75. The molecule has 2 unspecified atom stereocenters. The van der Waals surface area contributed by atoms with E-state index in [0.29, 0.717) is 5.02 Å². The largest absolute Gasteiger partial charge is 0.367 e. The number of hydrogen-bond donors (Lipinski definition) is 1. The highest BCUT2D eigenvalue weighted by atomic mass is 79.9. The van der Waals surface area contributed by atoms with Crippen LogP contribution in [0.25, 0.3) is 0 Å². The van der Waals surface area contributed by atoms with Crippen LogP contribution in [-0.4, -0.2) is 5.54 Å². The van der Waals surface area contributed by atoms with Gasteiger partial charge in [0.05, 0.1) is 11.1 Å². The number of benzene rings is 1. The molecule has 0 amide bonds. The monoisotopic (exact) mass is 314 g/mol. The number of nitriles is 1. The SMILES string of the molecule is CCC(C)C(C)(C#N)Nc1ccc(Cl)c(Br)c1. The van der Waals surface area contributed by atoms with Crippen molar-refractivity contribution in [1.82, 2.24) is 0 Å². The molecule has 0 aliphatic rings. The van der Waals surface area contributed by atoms with Crippen LogP contribution in [0.5, 0.6) is 0 Å². The first-order valence-electron chi connectivity index (χ1n) is 5.57. The van der Waals surface area contributed by atoms with Crippen LogP contribution in [0.2, 0.25) is 5.02 Å². The second-order valence-electron chi connectivity index (χ2n) is 4.38. The third-order valence-electron chi connectivity index (χ3n) is 3.15. The zero-order valence-electron chi connectivity index (χ0n) is 10.2. The highest BCUT2D eigenvalue weighted by molar-refractivity contribution is 9.10. The first kappa shape index (κ1) is 14.3. The molecular formula is C13H16BrClN2. The summed E-state index contributed by atoms with van der Waals surface area (Å²) in [5.74, 6) is 0.266. The van der Waals surface area contributed by atoms with E-state index in [4.69, 9.17) is 11.6 Å². The lowest BCUT2D eigenvalue weighted by molar-refractivity contribution is 0.415. The molecule has 2 nitrogen and oxygen atoms in total. The summed E-state index contributed by atoms with van der Waals surface area (Å²) in [5, 5.41) is 13.3. The number of hydrogen-bond acceptors (Lipinski definition) is 2. The summed E-state index contributed by atoms with van der Waals surface area (Å²) in [6, 6.07) is 7.93. The van der Waals surface area contributed by atoms with Gasteiger partial charge in [-0.15, -0.1) is 0 Å². The Morgan fingerprint density at radius 3 is 2.71 bits per heavy atom. The number of anilines is 1. The molecule has 1 aromatic carbocycles. The van der Waals surface area contributed by atoms with Gasteiger partial charge in [0.2, 0.25) is 0 Å². The summed E-state index contributed by atoms with van der Waals surface area (Å²) in [6.07, 6.45) is 0.950. The minimum absolute atomic E-state index is 0.266. The van der Waals surface area contributed by atoms with E-state index in [9.17, 15) is 5.26 Å². The van der Waals surface area contributed by atoms with Crippen molar-refractivity contribution < 1.29 is 0 Å². The Balaban J connectivity index is 2.96. The van der Waals surface area contributed by atoms with Crippen molar-refractivity contribution >= 4 is 33.2 Å². The summed E-state index contributed by atoms with van der Waals surface area (Å²) in [5.41, 5.74) is 0.327. The number of halogens is 2. The average molecular weight is 316 g/mol. The minimum Gasteiger partial charge on any atom is -0.367 e. The van der Waals surface area contributed by atoms with Crippen molar-refractivity contribution in [3.8, 4) is 6.07 Å². The number of rotatable bonds is 4. The number of nitrogens with zero attached hydrogens (tertiary/aromatic N) is 1. The fourth-order valence-corrected chi connectivity index (χ4v) is 2.04. The second-order valence-corrected chi connectivity index (χ2v) is 5.64. The fourth-order valence-electron chi connectivity index (χ4n) is 1.54. The van der Waals surface area contributed by atoms with Gasteiger partial charge in [-0.25, -0.2) is 0 Å². The van der Waals surface area contributed by atoms with Gasteiger partial charge in [-0.3, -0.25) is 0 Å². The summed E-state index contributed by atoms with van der Waals surface area (Å²) >= 11 is 9.31. The van der Waals surface area contributed by atoms with Crippen molar-refractivity contribution in [1.29, 1.82) is 5.26 Å². The Hall–Kier alpha value is -0.720. The van der Waals surface area contributed by atoms with Gasteiger partial charge in [0, 0.05) is 10.2 Å². The lowest BCUT2D eigenvalue weighted by atomic mass is 9.86. The average Bonchev–Trinajstić information content (AvgIpc) is 2.32. The van der Waals surface area contributed by atoms with Gasteiger partial charge in [-0.1, -0.05) is 31.9 Å². The van der Waals surface area contributed by atoms with E-state index >= 15 is 0 Å². The predicted molar refractivity (Wildman–Crippen MR) is 76.2 cm³/mol. The summed E-state index contributed by atoms with van der Waals surface area (Å²) in [7, 11) is 0. The van der Waals surface area contributed by atoms with Crippen LogP contribution >= 0.6 is 27.5 Å². The quantitative estimate of drug-likeness (QED) is 0.862. The molecule has 92 valence electrons. The maximum atomic E-state index is 9.32. The van der Waals surface area contributed by atoms with Crippen LogP contribution in [0, 0.1) is 17.2 Å². The van der Waals surface area contributed by atoms with Crippen molar-refractivity contribution in [3.05, 3.63) is 27.7 Å². The topological polar surface area (TPSA) is 35.8 Å². The van der Waals surface area contributed by atoms with Crippen molar-refractivity contribution in [3.63, 3.8) is 0 Å². The Morgan fingerprint density at radius 2 is 2.24 bits per heavy atom. The number of nitrogens with one attached hydrogen (secondary N) is 1. The molecule has 1 rings (SSSR count). The molecule has 0 radical (unpaired) electrons. The van der Waals surface area contributed by atoms with Crippen LogP contribution in [0.15, 0.2) is 22.7 Å². The summed E-state index contributed by atoms with van der Waals surface area (Å²) in [4.78, 5) is 0. The molecular weight excluding hydrogens is 300 g/mol. The Kier molecular flexibility index (Phi) is 4.85. The lowest BCUT2D eigenvalue weighted by Crippen LogP contribution is -2.39. The van der Waals surface area contributed by atoms with Crippen molar-refractivity contribution in [2.75, 3.05) is 5.32 Å². The molecule has 0 aliphatic carbocycles. The minimum atomic E-state index is -0.567. The van der Waals surface area contributed by atoms with Gasteiger partial charge in [0.25, 0.3) is 0 Å². The first-order valence-corrected chi connectivity index (χ1v) is 6.74. The van der Waals surface area contributed by atoms with Crippen molar-refractivity contribution in [2.24, 2.45) is 5.92 Å². The smallest absolute Gasteiger partial charge is 0.125 e. The molecule has 0 heterocycles. The molecule has 2 atom stereocenters. The zero-order chi connectivity index (χ0) is 13.1. The van der Waals surface area contributed by atoms with E-state index in [-0.39, 0.29) is 5.92 Å². The highest BCUT2D eigenvalue weighted by Gasteiger charge is 2.29. The van der Waals surface area contributed by atoms with Gasteiger partial charge < -0.3 is 5.32 Å². The normalized spacial score (nSPS) is 15.8. The molecule has 4 heteroatoms. The highest BCUT2D eigenvalue weighted by Crippen LogP contribution is 2.29. The molecule has 0 aliphatic heterocycles. The van der Waals surface area contributed by atoms with Gasteiger partial charge in [0.1, 0.15) is 5.54 Å². The standard InChI is InChI=1S/C13H16BrClN2/c1-4-9(2)13(3,8-16)17-10-5-6-12(15)11(14)7-10/h5-7,9,17H,4H2,1-3H3. The van der Waals surface area contributed by atoms with Crippen LogP contribution in [0.1, 0.15) is 27.2 Å². The van der Waals surface area contributed by atoms with E-state index in [1.54, 1.807) is 0 Å². The third kappa shape index (κ3) is 3.37. The molecule has 0 spiro atoms. The van der Waals surface area contributed by atoms with Crippen molar-refractivity contribution in [2.45, 2.75) is 32.7 Å². The molecule has 0 saturated heterocycles. The van der Waals surface area contributed by atoms with Gasteiger partial charge in [0.15, 0.2) is 0 Å². The van der Waals surface area contributed by atoms with Gasteiger partial charge >= 0.3 is 0 Å². The maximum absolute atomic E-state index is 9.32. The molecule has 0 bridgehead atoms. The van der Waals surface area contributed by atoms with Crippen LogP contribution in [0.3, 0.4) is 0 Å². The summed E-state index contributed by atoms with van der Waals surface area (Å²) < 4.78 is 0.827. The zero-order valence-corrected chi connectivity index (χ0v) is 12.6. The fraction of sp³-hybridized carbons (Fsp3) is 0.462. The van der Waals surface area contributed by atoms with Crippen LogP contribution in [-0.2, 0) is 0 Å². The molecule has 17 heavy (non-hydrogen) atoms. The maximum Gasteiger partial charge on any atom is 0.125 e. The molecule has 0 fully saturated rings. The summed E-state index contributed by atoms with van der Waals surface area (Å²) in [6.45, 7) is 6.07. The van der Waals surface area contributed by atoms with Gasteiger partial charge in [-0.2, -0.15) is 5.26 Å².